The van der Waals surface area contributed by atoms with Gasteiger partial charge in [-0.2, -0.15) is 0 Å². The molecule has 5 heteroatoms. The first-order valence-corrected chi connectivity index (χ1v) is 10.0. The number of aryl methyl sites for hydroxylation is 1. The highest BCUT2D eigenvalue weighted by Gasteiger charge is 2.30. The largest absolute Gasteiger partial charge is 0.425 e. The van der Waals surface area contributed by atoms with Gasteiger partial charge in [-0.05, 0) is 48.1 Å². The molecule has 1 atom stereocenters. The van der Waals surface area contributed by atoms with Crippen molar-refractivity contribution in [2.75, 3.05) is 0 Å². The molecule has 2 rings (SSSR count). The number of aromatic nitrogens is 2. The molecule has 0 spiro atoms. The molecule has 0 radical (unpaired) electrons. The van der Waals surface area contributed by atoms with Gasteiger partial charge >= 0.3 is 5.97 Å². The first kappa shape index (κ1) is 21.4. The summed E-state index contributed by atoms with van der Waals surface area (Å²) in [4.78, 5) is 21.0. The van der Waals surface area contributed by atoms with Crippen molar-refractivity contribution in [2.24, 2.45) is 5.41 Å². The van der Waals surface area contributed by atoms with E-state index in [9.17, 15) is 4.79 Å². The van der Waals surface area contributed by atoms with Crippen molar-refractivity contribution in [1.82, 2.24) is 9.97 Å². The van der Waals surface area contributed by atoms with Gasteiger partial charge in [0.05, 0.1) is 0 Å². The van der Waals surface area contributed by atoms with Crippen molar-refractivity contribution in [3.63, 3.8) is 0 Å². The summed E-state index contributed by atoms with van der Waals surface area (Å²) in [5.41, 5.74) is 1.69. The molecule has 0 N–H and O–H groups in total. The monoisotopic (exact) mass is 388 g/mol. The Kier molecular flexibility index (Phi) is 7.78. The van der Waals surface area contributed by atoms with Crippen LogP contribution in [-0.2, 0) is 11.2 Å². The van der Waals surface area contributed by atoms with Crippen molar-refractivity contribution < 1.29 is 9.53 Å². The third kappa shape index (κ3) is 6.62. The number of nitrogens with zero attached hydrogens (tertiary/aromatic N) is 2. The molecule has 0 saturated carbocycles. The average molecular weight is 389 g/mol. The molecule has 0 aliphatic heterocycles. The number of benzene rings is 1. The van der Waals surface area contributed by atoms with E-state index in [4.69, 9.17) is 16.3 Å². The van der Waals surface area contributed by atoms with Crippen LogP contribution in [0.25, 0.3) is 11.4 Å². The fourth-order valence-corrected chi connectivity index (χ4v) is 2.63. The zero-order valence-corrected chi connectivity index (χ0v) is 17.4. The fraction of sp³-hybridized carbons (Fsp3) is 0.500. The third-order valence-electron chi connectivity index (χ3n) is 4.32. The molecule has 0 aliphatic carbocycles. The maximum absolute atomic E-state index is 12.1. The Balaban J connectivity index is 1.95. The van der Waals surface area contributed by atoms with Crippen LogP contribution in [0.1, 0.15) is 58.9 Å². The van der Waals surface area contributed by atoms with Crippen molar-refractivity contribution in [3.8, 4) is 17.1 Å². The van der Waals surface area contributed by atoms with E-state index >= 15 is 0 Å². The normalized spacial score (nSPS) is 12.6. The number of carbonyl (C=O) groups is 1. The lowest BCUT2D eigenvalue weighted by molar-refractivity contribution is -0.135. The first-order valence-electron chi connectivity index (χ1n) is 9.58. The summed E-state index contributed by atoms with van der Waals surface area (Å²) in [6.07, 6.45) is 9.73. The summed E-state index contributed by atoms with van der Waals surface area (Å²) < 4.78 is 5.37. The fourth-order valence-electron chi connectivity index (χ4n) is 2.58. The molecule has 1 unspecified atom stereocenters. The Bertz CT molecular complexity index is 721. The number of rotatable bonds is 8. The third-order valence-corrected chi connectivity index (χ3v) is 5.16. The number of carbonyl (C=O) groups excluding carboxylic acids is 1. The SMILES string of the molecule is CCCCCCc1cnc(-c2ccc(OC(=O)C(Cl)C(C)(C)C)cc2)nc1. The standard InChI is InChI=1S/C22H29ClN2O2/c1-5-6-7-8-9-16-14-24-20(25-15-16)17-10-12-18(13-11-17)27-21(26)19(23)22(2,3)4/h10-15,19H,5-9H2,1-4H3. The van der Waals surface area contributed by atoms with Gasteiger partial charge in [0, 0.05) is 18.0 Å². The molecule has 27 heavy (non-hydrogen) atoms. The zero-order chi connectivity index (χ0) is 19.9. The molecule has 2 aromatic rings. The Labute approximate surface area is 167 Å². The van der Waals surface area contributed by atoms with Crippen LogP contribution < -0.4 is 4.74 Å². The van der Waals surface area contributed by atoms with Crippen molar-refractivity contribution in [2.45, 2.75) is 65.2 Å². The Morgan fingerprint density at radius 3 is 2.26 bits per heavy atom. The molecule has 4 nitrogen and oxygen atoms in total. The maximum Gasteiger partial charge on any atom is 0.329 e. The van der Waals surface area contributed by atoms with E-state index in [1.165, 1.54) is 25.7 Å². The highest BCUT2D eigenvalue weighted by Crippen LogP contribution is 2.27. The van der Waals surface area contributed by atoms with Gasteiger partial charge in [-0.15, -0.1) is 11.6 Å². The van der Waals surface area contributed by atoms with Crippen LogP contribution in [0.4, 0.5) is 0 Å². The lowest BCUT2D eigenvalue weighted by Crippen LogP contribution is -2.32. The second-order valence-corrected chi connectivity index (χ2v) is 8.34. The van der Waals surface area contributed by atoms with E-state index in [2.05, 4.69) is 16.9 Å². The molecular formula is C22H29ClN2O2. The molecule has 146 valence electrons. The lowest BCUT2D eigenvalue weighted by Gasteiger charge is -2.23. The molecule has 0 saturated heterocycles. The summed E-state index contributed by atoms with van der Waals surface area (Å²) in [6, 6.07) is 7.17. The molecule has 0 fully saturated rings. The average Bonchev–Trinajstić information content (AvgIpc) is 2.65. The number of alkyl halides is 1. The van der Waals surface area contributed by atoms with Crippen LogP contribution in [-0.4, -0.2) is 21.3 Å². The second kappa shape index (κ2) is 9.84. The summed E-state index contributed by atoms with van der Waals surface area (Å²) in [6.45, 7) is 7.92. The van der Waals surface area contributed by atoms with Crippen LogP contribution in [0.5, 0.6) is 5.75 Å². The number of ether oxygens (including phenoxy) is 1. The highest BCUT2D eigenvalue weighted by atomic mass is 35.5. The van der Waals surface area contributed by atoms with E-state index in [0.29, 0.717) is 11.6 Å². The number of hydrogen-bond donors (Lipinski definition) is 0. The van der Waals surface area contributed by atoms with E-state index < -0.39 is 11.3 Å². The van der Waals surface area contributed by atoms with E-state index in [1.807, 2.05) is 45.3 Å². The predicted octanol–water partition coefficient (Wildman–Crippen LogP) is 5.83. The van der Waals surface area contributed by atoms with E-state index in [-0.39, 0.29) is 5.41 Å². The van der Waals surface area contributed by atoms with Gasteiger partial charge in [-0.1, -0.05) is 47.0 Å². The predicted molar refractivity (Wildman–Crippen MR) is 110 cm³/mol. The minimum absolute atomic E-state index is 0.356. The van der Waals surface area contributed by atoms with Gasteiger partial charge in [0.2, 0.25) is 0 Å². The second-order valence-electron chi connectivity index (χ2n) is 7.90. The van der Waals surface area contributed by atoms with Gasteiger partial charge < -0.3 is 4.74 Å². The smallest absolute Gasteiger partial charge is 0.329 e. The van der Waals surface area contributed by atoms with Crippen molar-refractivity contribution in [1.29, 1.82) is 0 Å². The summed E-state index contributed by atoms with van der Waals surface area (Å²) >= 11 is 6.16. The minimum atomic E-state index is -0.703. The maximum atomic E-state index is 12.1. The molecule has 0 bridgehead atoms. The van der Waals surface area contributed by atoms with E-state index in [1.54, 1.807) is 12.1 Å². The van der Waals surface area contributed by atoms with Crippen LogP contribution in [0.2, 0.25) is 0 Å². The Morgan fingerprint density at radius 1 is 1.07 bits per heavy atom. The Hall–Kier alpha value is -1.94. The number of unbranched alkanes of at least 4 members (excludes halogenated alkanes) is 3. The zero-order valence-electron chi connectivity index (χ0n) is 16.7. The first-order chi connectivity index (χ1) is 12.8. The molecular weight excluding hydrogens is 360 g/mol. The Morgan fingerprint density at radius 2 is 1.70 bits per heavy atom. The quantitative estimate of drug-likeness (QED) is 0.247. The molecule has 1 aromatic heterocycles. The van der Waals surface area contributed by atoms with Gasteiger partial charge in [0.1, 0.15) is 11.1 Å². The van der Waals surface area contributed by atoms with Crippen molar-refractivity contribution >= 4 is 17.6 Å². The van der Waals surface area contributed by atoms with Gasteiger partial charge in [0.25, 0.3) is 0 Å². The lowest BCUT2D eigenvalue weighted by atomic mass is 9.92. The summed E-state index contributed by atoms with van der Waals surface area (Å²) in [7, 11) is 0. The van der Waals surface area contributed by atoms with Gasteiger partial charge in [-0.3, -0.25) is 4.79 Å². The van der Waals surface area contributed by atoms with Crippen LogP contribution in [0.3, 0.4) is 0 Å². The summed E-state index contributed by atoms with van der Waals surface area (Å²) in [5, 5.41) is -0.703. The van der Waals surface area contributed by atoms with Crippen LogP contribution in [0.15, 0.2) is 36.7 Å². The minimum Gasteiger partial charge on any atom is -0.425 e. The van der Waals surface area contributed by atoms with E-state index in [0.717, 1.165) is 17.5 Å². The molecule has 1 heterocycles. The number of esters is 1. The highest BCUT2D eigenvalue weighted by molar-refractivity contribution is 6.30. The van der Waals surface area contributed by atoms with Crippen molar-refractivity contribution in [3.05, 3.63) is 42.2 Å². The van der Waals surface area contributed by atoms with Crippen LogP contribution >= 0.6 is 11.6 Å². The van der Waals surface area contributed by atoms with Gasteiger partial charge in [0.15, 0.2) is 5.82 Å². The number of hydrogen-bond acceptors (Lipinski definition) is 4. The molecule has 0 aliphatic rings. The van der Waals surface area contributed by atoms with Crippen LogP contribution in [0, 0.1) is 5.41 Å². The molecule has 1 aromatic carbocycles. The number of halogens is 1. The molecule has 0 amide bonds. The van der Waals surface area contributed by atoms with Gasteiger partial charge in [-0.25, -0.2) is 9.97 Å². The summed E-state index contributed by atoms with van der Waals surface area (Å²) in [5.74, 6) is 0.682. The topological polar surface area (TPSA) is 52.1 Å².